The lowest BCUT2D eigenvalue weighted by molar-refractivity contribution is 0.109. The van der Waals surface area contributed by atoms with Gasteiger partial charge in [0.25, 0.3) is 0 Å². The fraction of sp³-hybridized carbons (Fsp3) is 0.500. The standard InChI is InChI=1S/C24H31BClN5/c1-16-5-4-6-18(13-16)30-11-9-17(10-12-30)28-23-14-22(19-7-2-3-8-21(19)26)29-24-20(25)15-27-31(23)24/h2-3,7-8,14-18,28H,4-6,9-13,25H2,1H3. The summed E-state index contributed by atoms with van der Waals surface area (Å²) in [7, 11) is 2.05. The van der Waals surface area contributed by atoms with Crippen LogP contribution < -0.4 is 10.8 Å². The molecule has 0 radical (unpaired) electrons. The molecule has 2 fully saturated rings. The van der Waals surface area contributed by atoms with Crippen LogP contribution in [-0.4, -0.2) is 52.5 Å². The summed E-state index contributed by atoms with van der Waals surface area (Å²) in [5.41, 5.74) is 3.79. The number of hydrogen-bond donors (Lipinski definition) is 1. The number of aromatic nitrogens is 3. The third-order valence-electron chi connectivity index (χ3n) is 7.10. The van der Waals surface area contributed by atoms with Gasteiger partial charge in [-0.05, 0) is 43.1 Å². The van der Waals surface area contributed by atoms with Gasteiger partial charge in [0.15, 0.2) is 5.65 Å². The van der Waals surface area contributed by atoms with E-state index >= 15 is 0 Å². The van der Waals surface area contributed by atoms with E-state index in [0.717, 1.165) is 58.0 Å². The zero-order valence-electron chi connectivity index (χ0n) is 18.5. The molecule has 31 heavy (non-hydrogen) atoms. The third kappa shape index (κ3) is 4.33. The number of anilines is 1. The summed E-state index contributed by atoms with van der Waals surface area (Å²) in [6.45, 7) is 4.77. The molecule has 7 heteroatoms. The minimum atomic E-state index is 0.450. The lowest BCUT2D eigenvalue weighted by Gasteiger charge is -2.41. The van der Waals surface area contributed by atoms with E-state index in [9.17, 15) is 0 Å². The zero-order chi connectivity index (χ0) is 21.4. The van der Waals surface area contributed by atoms with Crippen LogP contribution in [0.3, 0.4) is 0 Å². The molecular formula is C24H31BClN5. The van der Waals surface area contributed by atoms with Crippen LogP contribution in [0.25, 0.3) is 16.9 Å². The van der Waals surface area contributed by atoms with Crippen LogP contribution in [0.4, 0.5) is 5.82 Å². The highest BCUT2D eigenvalue weighted by atomic mass is 35.5. The van der Waals surface area contributed by atoms with Crippen LogP contribution in [0.1, 0.15) is 45.4 Å². The van der Waals surface area contributed by atoms with E-state index < -0.39 is 0 Å². The van der Waals surface area contributed by atoms with Gasteiger partial charge in [-0.2, -0.15) is 9.61 Å². The second kappa shape index (κ2) is 8.83. The summed E-state index contributed by atoms with van der Waals surface area (Å²) in [5, 5.41) is 9.10. The molecule has 2 aliphatic rings. The van der Waals surface area contributed by atoms with Crippen molar-refractivity contribution in [2.75, 3.05) is 18.4 Å². The van der Waals surface area contributed by atoms with E-state index in [4.69, 9.17) is 16.6 Å². The Labute approximate surface area is 190 Å². The number of fused-ring (bicyclic) bond motifs is 1. The first-order valence-electron chi connectivity index (χ1n) is 11.7. The number of halogens is 1. The highest BCUT2D eigenvalue weighted by Gasteiger charge is 2.28. The lowest BCUT2D eigenvalue weighted by Crippen LogP contribution is -2.46. The van der Waals surface area contributed by atoms with Crippen molar-refractivity contribution in [3.63, 3.8) is 0 Å². The van der Waals surface area contributed by atoms with Gasteiger partial charge in [-0.25, -0.2) is 4.98 Å². The second-order valence-electron chi connectivity index (χ2n) is 9.45. The van der Waals surface area contributed by atoms with Crippen LogP contribution in [0.5, 0.6) is 0 Å². The average Bonchev–Trinajstić information content (AvgIpc) is 3.16. The Morgan fingerprint density at radius 1 is 1.13 bits per heavy atom. The highest BCUT2D eigenvalue weighted by Crippen LogP contribution is 2.31. The Morgan fingerprint density at radius 2 is 1.94 bits per heavy atom. The molecule has 2 unspecified atom stereocenters. The Kier molecular flexibility index (Phi) is 5.94. The largest absolute Gasteiger partial charge is 0.367 e. The van der Waals surface area contributed by atoms with Crippen molar-refractivity contribution in [1.82, 2.24) is 19.5 Å². The first-order chi connectivity index (χ1) is 15.1. The topological polar surface area (TPSA) is 45.5 Å². The molecule has 1 aliphatic heterocycles. The van der Waals surface area contributed by atoms with E-state index in [1.54, 1.807) is 0 Å². The van der Waals surface area contributed by atoms with E-state index in [2.05, 4.69) is 36.2 Å². The summed E-state index contributed by atoms with van der Waals surface area (Å²) in [6.07, 6.45) is 9.76. The van der Waals surface area contributed by atoms with E-state index in [-0.39, 0.29) is 0 Å². The van der Waals surface area contributed by atoms with Gasteiger partial charge in [-0.15, -0.1) is 0 Å². The van der Waals surface area contributed by atoms with Crippen LogP contribution in [0.15, 0.2) is 36.5 Å². The van der Waals surface area contributed by atoms with Gasteiger partial charge in [0.05, 0.1) is 5.69 Å². The Bertz CT molecular complexity index is 1060. The summed E-state index contributed by atoms with van der Waals surface area (Å²) < 4.78 is 1.94. The van der Waals surface area contributed by atoms with Gasteiger partial charge in [0.2, 0.25) is 0 Å². The van der Waals surface area contributed by atoms with E-state index in [1.807, 2.05) is 35.0 Å². The molecular weight excluding hydrogens is 405 g/mol. The van der Waals surface area contributed by atoms with Crippen LogP contribution in [0.2, 0.25) is 5.02 Å². The molecule has 0 bridgehead atoms. The maximum atomic E-state index is 6.48. The monoisotopic (exact) mass is 435 g/mol. The molecule has 2 atom stereocenters. The first kappa shape index (κ1) is 20.8. The Balaban J connectivity index is 1.35. The van der Waals surface area contributed by atoms with Crippen molar-refractivity contribution in [3.8, 4) is 11.3 Å². The third-order valence-corrected chi connectivity index (χ3v) is 7.43. The first-order valence-corrected chi connectivity index (χ1v) is 12.1. The predicted molar refractivity (Wildman–Crippen MR) is 131 cm³/mol. The van der Waals surface area contributed by atoms with Crippen LogP contribution in [0, 0.1) is 5.92 Å². The van der Waals surface area contributed by atoms with E-state index in [1.165, 1.54) is 38.8 Å². The molecule has 2 aromatic heterocycles. The lowest BCUT2D eigenvalue weighted by atomic mass is 9.85. The summed E-state index contributed by atoms with van der Waals surface area (Å²) in [5.74, 6) is 1.88. The molecule has 1 saturated carbocycles. The Hall–Kier alpha value is -2.05. The quantitative estimate of drug-likeness (QED) is 0.634. The van der Waals surface area contributed by atoms with Gasteiger partial charge >= 0.3 is 0 Å². The fourth-order valence-corrected chi connectivity index (χ4v) is 5.57. The predicted octanol–water partition coefficient (Wildman–Crippen LogP) is 3.76. The number of hydrogen-bond acceptors (Lipinski definition) is 4. The molecule has 1 saturated heterocycles. The SMILES string of the molecule is Bc1cnn2c(NC3CCN(C4CCCC(C)C4)CC3)cc(-c3ccccc3Cl)nc12. The smallest absolute Gasteiger partial charge is 0.151 e. The molecule has 3 heterocycles. The zero-order valence-corrected chi connectivity index (χ0v) is 19.3. The second-order valence-corrected chi connectivity index (χ2v) is 9.86. The fourth-order valence-electron chi connectivity index (χ4n) is 5.33. The van der Waals surface area contributed by atoms with Gasteiger partial charge in [0, 0.05) is 48.0 Å². The number of piperidine rings is 1. The molecule has 5 nitrogen and oxygen atoms in total. The summed E-state index contributed by atoms with van der Waals surface area (Å²) in [4.78, 5) is 7.61. The molecule has 162 valence electrons. The normalized spacial score (nSPS) is 23.3. The number of rotatable bonds is 4. The molecule has 1 N–H and O–H groups in total. The highest BCUT2D eigenvalue weighted by molar-refractivity contribution is 6.36. The van der Waals surface area contributed by atoms with Crippen LogP contribution in [-0.2, 0) is 0 Å². The minimum Gasteiger partial charge on any atom is -0.367 e. The van der Waals surface area contributed by atoms with Crippen molar-refractivity contribution in [2.45, 2.75) is 57.5 Å². The van der Waals surface area contributed by atoms with Gasteiger partial charge in [-0.1, -0.05) is 49.6 Å². The van der Waals surface area contributed by atoms with E-state index in [0.29, 0.717) is 6.04 Å². The number of nitrogens with one attached hydrogen (secondary N) is 1. The number of likely N-dealkylation sites (tertiary alicyclic amines) is 1. The molecule has 3 aromatic rings. The van der Waals surface area contributed by atoms with Crippen molar-refractivity contribution >= 4 is 36.4 Å². The maximum Gasteiger partial charge on any atom is 0.151 e. The molecule has 5 rings (SSSR count). The van der Waals surface area contributed by atoms with Crippen molar-refractivity contribution < 1.29 is 0 Å². The molecule has 1 aliphatic carbocycles. The molecule has 1 aromatic carbocycles. The summed E-state index contributed by atoms with van der Waals surface area (Å²) >= 11 is 6.48. The molecule has 0 spiro atoms. The van der Waals surface area contributed by atoms with Gasteiger partial charge < -0.3 is 10.2 Å². The average molecular weight is 436 g/mol. The molecule has 0 amide bonds. The Morgan fingerprint density at radius 3 is 2.71 bits per heavy atom. The number of benzene rings is 1. The van der Waals surface area contributed by atoms with Crippen molar-refractivity contribution in [1.29, 1.82) is 0 Å². The minimum absolute atomic E-state index is 0.450. The summed E-state index contributed by atoms with van der Waals surface area (Å²) in [6, 6.07) is 11.2. The van der Waals surface area contributed by atoms with Gasteiger partial charge in [0.1, 0.15) is 13.7 Å². The van der Waals surface area contributed by atoms with Crippen molar-refractivity contribution in [3.05, 3.63) is 41.6 Å². The van der Waals surface area contributed by atoms with Gasteiger partial charge in [-0.3, -0.25) is 0 Å². The van der Waals surface area contributed by atoms with Crippen LogP contribution >= 0.6 is 11.6 Å². The number of nitrogens with zero attached hydrogens (tertiary/aromatic N) is 4. The maximum absolute atomic E-state index is 6.48. The van der Waals surface area contributed by atoms with Crippen molar-refractivity contribution in [2.24, 2.45) is 5.92 Å².